The van der Waals surface area contributed by atoms with Crippen molar-refractivity contribution in [1.82, 2.24) is 4.90 Å². The lowest BCUT2D eigenvalue weighted by molar-refractivity contribution is -0.124. The Balaban J connectivity index is 1.57. The zero-order valence-electron chi connectivity index (χ0n) is 16.5. The van der Waals surface area contributed by atoms with Gasteiger partial charge in [0.15, 0.2) is 0 Å². The molecule has 0 N–H and O–H groups in total. The van der Waals surface area contributed by atoms with Crippen molar-refractivity contribution in [1.29, 1.82) is 0 Å². The number of ether oxygens (including phenoxy) is 1. The Morgan fingerprint density at radius 1 is 1.32 bits per heavy atom. The lowest BCUT2D eigenvalue weighted by atomic mass is 9.73. The summed E-state index contributed by atoms with van der Waals surface area (Å²) in [6, 6.07) is 6.64. The monoisotopic (exact) mass is 341 g/mol. The molecule has 0 aromatic heterocycles. The van der Waals surface area contributed by atoms with E-state index >= 15 is 0 Å². The summed E-state index contributed by atoms with van der Waals surface area (Å²) < 4.78 is 6.01. The number of likely N-dealkylation sites (tertiary alicyclic amines) is 1. The largest absolute Gasteiger partial charge is 0.492 e. The van der Waals surface area contributed by atoms with Crippen LogP contribution in [0.5, 0.6) is 5.75 Å². The summed E-state index contributed by atoms with van der Waals surface area (Å²) in [5, 5.41) is 0. The van der Waals surface area contributed by atoms with Crippen molar-refractivity contribution in [3.8, 4) is 5.75 Å². The van der Waals surface area contributed by atoms with Crippen molar-refractivity contribution in [3.05, 3.63) is 23.8 Å². The lowest BCUT2D eigenvalue weighted by Gasteiger charge is -2.39. The van der Waals surface area contributed by atoms with Crippen molar-refractivity contribution < 1.29 is 9.53 Å². The summed E-state index contributed by atoms with van der Waals surface area (Å²) in [5.74, 6) is 1.61. The van der Waals surface area contributed by atoms with E-state index in [4.69, 9.17) is 4.74 Å². The number of rotatable bonds is 4. The summed E-state index contributed by atoms with van der Waals surface area (Å²) in [4.78, 5) is 14.9. The van der Waals surface area contributed by atoms with Crippen LogP contribution in [-0.2, 0) is 10.2 Å². The number of carbonyl (C=O) groups is 1. The van der Waals surface area contributed by atoms with Crippen LogP contribution in [0.2, 0.25) is 0 Å². The molecule has 1 spiro atoms. The molecular formula is C21H32BNO2. The van der Waals surface area contributed by atoms with Crippen molar-refractivity contribution in [2.24, 2.45) is 11.3 Å². The highest BCUT2D eigenvalue weighted by Gasteiger charge is 2.43. The summed E-state index contributed by atoms with van der Waals surface area (Å²) in [5.41, 5.74) is 2.94. The first kappa shape index (κ1) is 18.5. The number of nitrogens with zero attached hydrogens (tertiary/aromatic N) is 1. The molecule has 1 aromatic rings. The molecule has 0 radical (unpaired) electrons. The maximum atomic E-state index is 12.4. The molecule has 2 aliphatic rings. The van der Waals surface area contributed by atoms with Gasteiger partial charge in [-0.25, -0.2) is 0 Å². The molecule has 3 rings (SSSR count). The Morgan fingerprint density at radius 3 is 2.64 bits per heavy atom. The fourth-order valence-electron chi connectivity index (χ4n) is 4.24. The SMILES string of the molecule is Bc1ccc2c(c1)OCC21CCN(CC(C)C(=O)CC(C)(C)C)CC1. The maximum absolute atomic E-state index is 12.4. The summed E-state index contributed by atoms with van der Waals surface area (Å²) in [6.45, 7) is 12.3. The average molecular weight is 341 g/mol. The molecule has 1 fully saturated rings. The number of benzene rings is 1. The third-order valence-electron chi connectivity index (χ3n) is 5.81. The first-order valence-corrected chi connectivity index (χ1v) is 9.68. The first-order valence-electron chi connectivity index (χ1n) is 9.68. The topological polar surface area (TPSA) is 29.5 Å². The quantitative estimate of drug-likeness (QED) is 0.787. The minimum atomic E-state index is 0.0837. The van der Waals surface area contributed by atoms with Crippen molar-refractivity contribution in [3.63, 3.8) is 0 Å². The van der Waals surface area contributed by atoms with E-state index in [0.29, 0.717) is 12.2 Å². The number of Topliss-reactive ketones (excluding diaryl/α,β-unsaturated/α-hetero) is 1. The third-order valence-corrected chi connectivity index (χ3v) is 5.81. The molecule has 0 amide bonds. The van der Waals surface area contributed by atoms with Crippen molar-refractivity contribution in [2.45, 2.75) is 52.4 Å². The Morgan fingerprint density at radius 2 is 2.00 bits per heavy atom. The van der Waals surface area contributed by atoms with E-state index in [-0.39, 0.29) is 16.7 Å². The summed E-state index contributed by atoms with van der Waals surface area (Å²) >= 11 is 0. The van der Waals surface area contributed by atoms with Crippen LogP contribution in [0.4, 0.5) is 0 Å². The molecule has 0 saturated carbocycles. The van der Waals surface area contributed by atoms with E-state index in [0.717, 1.165) is 44.8 Å². The van der Waals surface area contributed by atoms with Gasteiger partial charge in [-0.1, -0.05) is 45.3 Å². The molecule has 25 heavy (non-hydrogen) atoms. The minimum absolute atomic E-state index is 0.0837. The van der Waals surface area contributed by atoms with Gasteiger partial charge < -0.3 is 9.64 Å². The first-order chi connectivity index (χ1) is 11.7. The van der Waals surface area contributed by atoms with Crippen LogP contribution >= 0.6 is 0 Å². The van der Waals surface area contributed by atoms with Crippen molar-refractivity contribution in [2.75, 3.05) is 26.2 Å². The second-order valence-electron chi connectivity index (χ2n) is 9.47. The molecule has 0 aliphatic carbocycles. The molecule has 0 bridgehead atoms. The average Bonchev–Trinajstić information content (AvgIpc) is 2.86. The van der Waals surface area contributed by atoms with Crippen LogP contribution in [0.3, 0.4) is 0 Å². The number of ketones is 1. The van der Waals surface area contributed by atoms with Crippen LogP contribution in [0.15, 0.2) is 18.2 Å². The van der Waals surface area contributed by atoms with E-state index in [1.54, 1.807) is 0 Å². The van der Waals surface area contributed by atoms with E-state index in [9.17, 15) is 4.79 Å². The molecule has 3 nitrogen and oxygen atoms in total. The zero-order valence-corrected chi connectivity index (χ0v) is 16.5. The van der Waals surface area contributed by atoms with Gasteiger partial charge in [0.05, 0.1) is 6.61 Å². The Labute approximate surface area is 153 Å². The number of hydrogen-bond donors (Lipinski definition) is 0. The zero-order chi connectivity index (χ0) is 18.2. The highest BCUT2D eigenvalue weighted by Crippen LogP contribution is 2.45. The van der Waals surface area contributed by atoms with E-state index < -0.39 is 0 Å². The number of carbonyl (C=O) groups excluding carboxylic acids is 1. The predicted octanol–water partition coefficient (Wildman–Crippen LogP) is 2.31. The molecule has 2 heterocycles. The molecule has 1 unspecified atom stereocenters. The van der Waals surface area contributed by atoms with Crippen LogP contribution < -0.4 is 10.2 Å². The fourth-order valence-corrected chi connectivity index (χ4v) is 4.24. The minimum Gasteiger partial charge on any atom is -0.492 e. The maximum Gasteiger partial charge on any atom is 0.139 e. The highest BCUT2D eigenvalue weighted by atomic mass is 16.5. The third kappa shape index (κ3) is 4.11. The van der Waals surface area contributed by atoms with E-state index in [1.165, 1.54) is 11.0 Å². The van der Waals surface area contributed by atoms with Crippen molar-refractivity contribution >= 4 is 19.1 Å². The number of fused-ring (bicyclic) bond motifs is 2. The molecule has 2 aliphatic heterocycles. The van der Waals surface area contributed by atoms with Gasteiger partial charge in [-0.15, -0.1) is 0 Å². The van der Waals surface area contributed by atoms with E-state index in [1.807, 2.05) is 0 Å². The Hall–Kier alpha value is -1.29. The molecule has 4 heteroatoms. The number of piperidine rings is 1. The van der Waals surface area contributed by atoms with Gasteiger partial charge in [-0.2, -0.15) is 0 Å². The van der Waals surface area contributed by atoms with Gasteiger partial charge in [0.2, 0.25) is 0 Å². The van der Waals surface area contributed by atoms with Gasteiger partial charge in [0.1, 0.15) is 19.4 Å². The number of hydrogen-bond acceptors (Lipinski definition) is 3. The van der Waals surface area contributed by atoms with Gasteiger partial charge in [-0.05, 0) is 37.4 Å². The van der Waals surface area contributed by atoms with Crippen LogP contribution in [-0.4, -0.2) is 44.8 Å². The van der Waals surface area contributed by atoms with E-state index in [2.05, 4.69) is 58.6 Å². The van der Waals surface area contributed by atoms with Gasteiger partial charge in [0, 0.05) is 29.9 Å². The van der Waals surface area contributed by atoms with Crippen LogP contribution in [0, 0.1) is 11.3 Å². The van der Waals surface area contributed by atoms with Crippen LogP contribution in [0.25, 0.3) is 0 Å². The fraction of sp³-hybridized carbons (Fsp3) is 0.667. The predicted molar refractivity (Wildman–Crippen MR) is 106 cm³/mol. The second kappa shape index (κ2) is 6.79. The standard InChI is InChI=1S/C21H32BNO2/c1-15(18(24)12-20(2,3)4)13-23-9-7-21(8-10-23)14-25-19-11-16(22)5-6-17(19)21/h5-6,11,15H,7-10,12-14,22H2,1-4H3. The van der Waals surface area contributed by atoms with Gasteiger partial charge in [-0.3, -0.25) is 4.79 Å². The molecule has 1 atom stereocenters. The molecule has 1 aromatic carbocycles. The Kier molecular flexibility index (Phi) is 5.03. The summed E-state index contributed by atoms with van der Waals surface area (Å²) in [6.07, 6.45) is 2.93. The molecule has 136 valence electrons. The summed E-state index contributed by atoms with van der Waals surface area (Å²) in [7, 11) is 2.12. The molecule has 1 saturated heterocycles. The second-order valence-corrected chi connectivity index (χ2v) is 9.47. The van der Waals surface area contributed by atoms with Gasteiger partial charge >= 0.3 is 0 Å². The Bertz CT molecular complexity index is 642. The molecular weight excluding hydrogens is 309 g/mol. The lowest BCUT2D eigenvalue weighted by Crippen LogP contribution is -2.45. The van der Waals surface area contributed by atoms with Crippen LogP contribution in [0.1, 0.15) is 52.5 Å². The smallest absolute Gasteiger partial charge is 0.139 e. The van der Waals surface area contributed by atoms with Gasteiger partial charge in [0.25, 0.3) is 0 Å². The highest BCUT2D eigenvalue weighted by molar-refractivity contribution is 6.32. The normalized spacial score (nSPS) is 21.0.